The third-order valence-corrected chi connectivity index (χ3v) is 3.44. The minimum Gasteiger partial charge on any atom is -0.489 e. The predicted molar refractivity (Wildman–Crippen MR) is 77.4 cm³/mol. The van der Waals surface area contributed by atoms with Gasteiger partial charge in [-0.25, -0.2) is 0 Å². The molecule has 1 aromatic rings. The summed E-state index contributed by atoms with van der Waals surface area (Å²) in [5.74, 6) is 0.924. The Bertz CT molecular complexity index is 411. The Morgan fingerprint density at radius 1 is 1.47 bits per heavy atom. The van der Waals surface area contributed by atoms with Gasteiger partial charge < -0.3 is 14.8 Å². The molecule has 0 aliphatic carbocycles. The van der Waals surface area contributed by atoms with Crippen molar-refractivity contribution in [1.29, 1.82) is 0 Å². The van der Waals surface area contributed by atoms with Crippen LogP contribution in [0.25, 0.3) is 0 Å². The van der Waals surface area contributed by atoms with Crippen molar-refractivity contribution in [2.75, 3.05) is 19.8 Å². The van der Waals surface area contributed by atoms with Crippen molar-refractivity contribution in [3.63, 3.8) is 0 Å². The molecule has 1 saturated heterocycles. The molecule has 0 bridgehead atoms. The van der Waals surface area contributed by atoms with Crippen molar-refractivity contribution in [3.8, 4) is 5.75 Å². The first-order valence-corrected chi connectivity index (χ1v) is 6.90. The minimum absolute atomic E-state index is 0.00306. The summed E-state index contributed by atoms with van der Waals surface area (Å²) < 4.78 is 11.4. The zero-order chi connectivity index (χ0) is 13.6. The molecule has 0 radical (unpaired) electrons. The lowest BCUT2D eigenvalue weighted by Gasteiger charge is -2.23. The first kappa shape index (κ1) is 14.1. The van der Waals surface area contributed by atoms with Crippen LogP contribution in [0.15, 0.2) is 36.9 Å². The van der Waals surface area contributed by atoms with E-state index in [1.54, 1.807) is 6.08 Å². The molecule has 1 aromatic carbocycles. The molecule has 1 aliphatic heterocycles. The highest BCUT2D eigenvalue weighted by atomic mass is 16.5. The Morgan fingerprint density at radius 3 is 3.05 bits per heavy atom. The molecule has 0 saturated carbocycles. The van der Waals surface area contributed by atoms with Gasteiger partial charge in [-0.05, 0) is 25.8 Å². The van der Waals surface area contributed by atoms with E-state index in [2.05, 4.69) is 24.9 Å². The van der Waals surface area contributed by atoms with Crippen molar-refractivity contribution < 1.29 is 9.47 Å². The van der Waals surface area contributed by atoms with Crippen LogP contribution in [0, 0.1) is 0 Å². The molecular weight excluding hydrogens is 238 g/mol. The molecule has 3 nitrogen and oxygen atoms in total. The van der Waals surface area contributed by atoms with Gasteiger partial charge in [0.15, 0.2) is 0 Å². The third kappa shape index (κ3) is 4.08. The molecule has 1 N–H and O–H groups in total. The van der Waals surface area contributed by atoms with E-state index in [9.17, 15) is 0 Å². The molecule has 1 fully saturated rings. The van der Waals surface area contributed by atoms with E-state index in [1.807, 2.05) is 18.2 Å². The topological polar surface area (TPSA) is 30.5 Å². The average Bonchev–Trinajstić information content (AvgIpc) is 2.85. The average molecular weight is 261 g/mol. The van der Waals surface area contributed by atoms with E-state index in [1.165, 1.54) is 5.56 Å². The Balaban J connectivity index is 1.86. The molecule has 2 rings (SSSR count). The first-order valence-electron chi connectivity index (χ1n) is 6.90. The van der Waals surface area contributed by atoms with Gasteiger partial charge in [-0.2, -0.15) is 0 Å². The second kappa shape index (κ2) is 6.73. The summed E-state index contributed by atoms with van der Waals surface area (Å²) in [5.41, 5.74) is 1.17. The molecule has 1 unspecified atom stereocenters. The van der Waals surface area contributed by atoms with E-state index in [4.69, 9.17) is 9.47 Å². The Labute approximate surface area is 115 Å². The number of nitrogens with one attached hydrogen (secondary N) is 1. The van der Waals surface area contributed by atoms with Crippen LogP contribution in [-0.2, 0) is 11.3 Å². The number of para-hydroxylation sites is 1. The number of hydrogen-bond acceptors (Lipinski definition) is 3. The third-order valence-electron chi connectivity index (χ3n) is 3.44. The molecule has 0 amide bonds. The molecular formula is C16H23NO2. The van der Waals surface area contributed by atoms with Crippen LogP contribution >= 0.6 is 0 Å². The second-order valence-electron chi connectivity index (χ2n) is 5.21. The van der Waals surface area contributed by atoms with Crippen LogP contribution in [0.4, 0.5) is 0 Å². The van der Waals surface area contributed by atoms with Crippen LogP contribution in [0.2, 0.25) is 0 Å². The number of hydrogen-bond donors (Lipinski definition) is 1. The highest BCUT2D eigenvalue weighted by Gasteiger charge is 2.28. The normalized spacial score (nSPS) is 22.4. The van der Waals surface area contributed by atoms with Gasteiger partial charge in [0.2, 0.25) is 0 Å². The standard InChI is InChI=1S/C16H23NO2/c1-3-10-18-15-8-5-4-7-14(15)12-17-13-16(2)9-6-11-19-16/h3-5,7-8,17H,1,6,9-13H2,2H3. The fourth-order valence-corrected chi connectivity index (χ4v) is 2.38. The molecule has 0 aromatic heterocycles. The molecule has 1 aliphatic rings. The monoisotopic (exact) mass is 261 g/mol. The van der Waals surface area contributed by atoms with Crippen molar-refractivity contribution in [3.05, 3.63) is 42.5 Å². The lowest BCUT2D eigenvalue weighted by molar-refractivity contribution is 0.0206. The Kier molecular flexibility index (Phi) is 5.00. The van der Waals surface area contributed by atoms with Gasteiger partial charge in [-0.15, -0.1) is 0 Å². The molecule has 104 valence electrons. The quantitative estimate of drug-likeness (QED) is 0.766. The van der Waals surface area contributed by atoms with Gasteiger partial charge >= 0.3 is 0 Å². The molecule has 19 heavy (non-hydrogen) atoms. The van der Waals surface area contributed by atoms with Crippen molar-refractivity contribution in [1.82, 2.24) is 5.32 Å². The first-order chi connectivity index (χ1) is 9.23. The maximum Gasteiger partial charge on any atom is 0.124 e. The maximum absolute atomic E-state index is 5.77. The highest BCUT2D eigenvalue weighted by molar-refractivity contribution is 5.33. The summed E-state index contributed by atoms with van der Waals surface area (Å²) in [6.45, 7) is 8.95. The summed E-state index contributed by atoms with van der Waals surface area (Å²) in [6, 6.07) is 8.10. The van der Waals surface area contributed by atoms with Crippen molar-refractivity contribution >= 4 is 0 Å². The Morgan fingerprint density at radius 2 is 2.32 bits per heavy atom. The van der Waals surface area contributed by atoms with Gasteiger partial charge in [-0.1, -0.05) is 30.9 Å². The van der Waals surface area contributed by atoms with Crippen LogP contribution in [-0.4, -0.2) is 25.4 Å². The van der Waals surface area contributed by atoms with E-state index in [0.29, 0.717) is 6.61 Å². The van der Waals surface area contributed by atoms with Gasteiger partial charge in [0.1, 0.15) is 12.4 Å². The van der Waals surface area contributed by atoms with Crippen LogP contribution < -0.4 is 10.1 Å². The lowest BCUT2D eigenvalue weighted by atomic mass is 10.0. The number of rotatable bonds is 7. The zero-order valence-electron chi connectivity index (χ0n) is 11.7. The lowest BCUT2D eigenvalue weighted by Crippen LogP contribution is -2.36. The minimum atomic E-state index is -0.00306. The van der Waals surface area contributed by atoms with E-state index < -0.39 is 0 Å². The fourth-order valence-electron chi connectivity index (χ4n) is 2.38. The van der Waals surface area contributed by atoms with E-state index >= 15 is 0 Å². The maximum atomic E-state index is 5.77. The Hall–Kier alpha value is -1.32. The summed E-state index contributed by atoms with van der Waals surface area (Å²) >= 11 is 0. The van der Waals surface area contributed by atoms with E-state index in [-0.39, 0.29) is 5.60 Å². The fraction of sp³-hybridized carbons (Fsp3) is 0.500. The molecule has 1 heterocycles. The second-order valence-corrected chi connectivity index (χ2v) is 5.21. The highest BCUT2D eigenvalue weighted by Crippen LogP contribution is 2.24. The summed E-state index contributed by atoms with van der Waals surface area (Å²) in [7, 11) is 0. The molecule has 3 heteroatoms. The van der Waals surface area contributed by atoms with Gasteiger partial charge in [-0.3, -0.25) is 0 Å². The summed E-state index contributed by atoms with van der Waals surface area (Å²) in [4.78, 5) is 0. The molecule has 0 spiro atoms. The number of benzene rings is 1. The predicted octanol–water partition coefficient (Wildman–Crippen LogP) is 2.91. The van der Waals surface area contributed by atoms with Crippen molar-refractivity contribution in [2.45, 2.75) is 31.9 Å². The van der Waals surface area contributed by atoms with Crippen LogP contribution in [0.5, 0.6) is 5.75 Å². The van der Waals surface area contributed by atoms with Crippen LogP contribution in [0.3, 0.4) is 0 Å². The molecule has 1 atom stereocenters. The SMILES string of the molecule is C=CCOc1ccccc1CNCC1(C)CCCO1. The van der Waals surface area contributed by atoms with Crippen LogP contribution in [0.1, 0.15) is 25.3 Å². The van der Waals surface area contributed by atoms with Gasteiger partial charge in [0.05, 0.1) is 5.60 Å². The smallest absolute Gasteiger partial charge is 0.124 e. The number of ether oxygens (including phenoxy) is 2. The summed E-state index contributed by atoms with van der Waals surface area (Å²) in [6.07, 6.45) is 4.06. The zero-order valence-corrected chi connectivity index (χ0v) is 11.7. The van der Waals surface area contributed by atoms with E-state index in [0.717, 1.165) is 38.3 Å². The van der Waals surface area contributed by atoms with Gasteiger partial charge in [0.25, 0.3) is 0 Å². The largest absolute Gasteiger partial charge is 0.489 e. The van der Waals surface area contributed by atoms with Gasteiger partial charge in [0, 0.05) is 25.3 Å². The van der Waals surface area contributed by atoms with Crippen molar-refractivity contribution in [2.24, 2.45) is 0 Å². The summed E-state index contributed by atoms with van der Waals surface area (Å²) in [5, 5.41) is 3.47.